The van der Waals surface area contributed by atoms with Crippen LogP contribution in [-0.4, -0.2) is 24.1 Å². The second kappa shape index (κ2) is 2.97. The van der Waals surface area contributed by atoms with E-state index in [-0.39, 0.29) is 17.1 Å². The Morgan fingerprint density at radius 3 is 2.36 bits per heavy atom. The van der Waals surface area contributed by atoms with Gasteiger partial charge >= 0.3 is 0 Å². The van der Waals surface area contributed by atoms with Gasteiger partial charge in [0.1, 0.15) is 5.76 Å². The van der Waals surface area contributed by atoms with Crippen molar-refractivity contribution in [3.8, 4) is 0 Å². The van der Waals surface area contributed by atoms with Crippen molar-refractivity contribution in [3.63, 3.8) is 0 Å². The molecule has 3 nitrogen and oxygen atoms in total. The van der Waals surface area contributed by atoms with E-state index in [4.69, 9.17) is 9.47 Å². The number of hydrogen-bond donors (Lipinski definition) is 1. The lowest BCUT2D eigenvalue weighted by atomic mass is 9.92. The third-order valence-corrected chi connectivity index (χ3v) is 3.03. The molecule has 0 radical (unpaired) electrons. The molecule has 1 fully saturated rings. The highest BCUT2D eigenvalue weighted by Gasteiger charge is 2.50. The summed E-state index contributed by atoms with van der Waals surface area (Å²) in [6.07, 6.45) is 2.62. The van der Waals surface area contributed by atoms with Gasteiger partial charge in [0.2, 0.25) is 5.79 Å². The Bertz CT molecular complexity index is 258. The topological polar surface area (TPSA) is 38.7 Å². The van der Waals surface area contributed by atoms with E-state index in [2.05, 4.69) is 13.8 Å². The zero-order valence-corrected chi connectivity index (χ0v) is 9.04. The van der Waals surface area contributed by atoms with Crippen LogP contribution in [0.25, 0.3) is 0 Å². The number of ether oxygens (including phenoxy) is 2. The molecule has 1 atom stereocenters. The molecule has 1 aliphatic carbocycles. The first-order valence-electron chi connectivity index (χ1n) is 5.14. The van der Waals surface area contributed by atoms with E-state index in [1.54, 1.807) is 6.08 Å². The molecule has 1 aliphatic heterocycles. The standard InChI is InChI=1S/C11H18O3/c1-8-4-5-9(12)11(8)13-6-10(2,3)7-14-11/h5,8,12H,4,6-7H2,1-3H3. The van der Waals surface area contributed by atoms with Crippen molar-refractivity contribution in [2.24, 2.45) is 11.3 Å². The van der Waals surface area contributed by atoms with E-state index in [0.717, 1.165) is 6.42 Å². The van der Waals surface area contributed by atoms with E-state index >= 15 is 0 Å². The molecule has 0 saturated carbocycles. The van der Waals surface area contributed by atoms with Crippen LogP contribution in [-0.2, 0) is 9.47 Å². The van der Waals surface area contributed by atoms with E-state index < -0.39 is 5.79 Å². The normalized spacial score (nSPS) is 34.5. The molecule has 1 spiro atoms. The molecule has 80 valence electrons. The molecule has 0 aromatic heterocycles. The monoisotopic (exact) mass is 198 g/mol. The second-order valence-corrected chi connectivity index (χ2v) is 5.14. The molecule has 2 aliphatic rings. The van der Waals surface area contributed by atoms with E-state index in [1.807, 2.05) is 6.92 Å². The molecule has 1 N–H and O–H groups in total. The quantitative estimate of drug-likeness (QED) is 0.648. The number of aliphatic hydroxyl groups excluding tert-OH is 1. The van der Waals surface area contributed by atoms with Crippen LogP contribution in [0.1, 0.15) is 27.2 Å². The zero-order chi connectivity index (χ0) is 10.4. The Labute approximate surface area is 84.7 Å². The minimum Gasteiger partial charge on any atom is -0.507 e. The molecular formula is C11H18O3. The van der Waals surface area contributed by atoms with Crippen molar-refractivity contribution in [1.82, 2.24) is 0 Å². The third-order valence-electron chi connectivity index (χ3n) is 3.03. The Morgan fingerprint density at radius 1 is 1.36 bits per heavy atom. The molecule has 0 bridgehead atoms. The van der Waals surface area contributed by atoms with Crippen LogP contribution in [0.4, 0.5) is 0 Å². The van der Waals surface area contributed by atoms with E-state index in [0.29, 0.717) is 13.2 Å². The Balaban J connectivity index is 2.16. The largest absolute Gasteiger partial charge is 0.507 e. The maximum Gasteiger partial charge on any atom is 0.230 e. The fraction of sp³-hybridized carbons (Fsp3) is 0.818. The van der Waals surface area contributed by atoms with Gasteiger partial charge in [-0.25, -0.2) is 0 Å². The van der Waals surface area contributed by atoms with Gasteiger partial charge in [0.15, 0.2) is 0 Å². The lowest BCUT2D eigenvalue weighted by molar-refractivity contribution is -0.305. The van der Waals surface area contributed by atoms with Crippen LogP contribution in [0.2, 0.25) is 0 Å². The number of aliphatic hydroxyl groups is 1. The van der Waals surface area contributed by atoms with Crippen molar-refractivity contribution in [3.05, 3.63) is 11.8 Å². The lowest BCUT2D eigenvalue weighted by Crippen LogP contribution is -2.50. The summed E-state index contributed by atoms with van der Waals surface area (Å²) in [5.41, 5.74) is 0.0494. The first-order valence-corrected chi connectivity index (χ1v) is 5.14. The highest BCUT2D eigenvalue weighted by molar-refractivity contribution is 5.15. The van der Waals surface area contributed by atoms with Gasteiger partial charge in [-0.2, -0.15) is 0 Å². The van der Waals surface area contributed by atoms with Gasteiger partial charge in [-0.15, -0.1) is 0 Å². The number of allylic oxidation sites excluding steroid dienone is 1. The maximum absolute atomic E-state index is 9.76. The summed E-state index contributed by atoms with van der Waals surface area (Å²) in [5, 5.41) is 9.76. The highest BCUT2D eigenvalue weighted by atomic mass is 16.7. The zero-order valence-electron chi connectivity index (χ0n) is 9.04. The van der Waals surface area contributed by atoms with Crippen LogP contribution in [0, 0.1) is 11.3 Å². The smallest absolute Gasteiger partial charge is 0.230 e. The second-order valence-electron chi connectivity index (χ2n) is 5.14. The summed E-state index contributed by atoms with van der Waals surface area (Å²) >= 11 is 0. The summed E-state index contributed by atoms with van der Waals surface area (Å²) in [4.78, 5) is 0. The fourth-order valence-corrected chi connectivity index (χ4v) is 1.96. The predicted molar refractivity (Wildman–Crippen MR) is 52.9 cm³/mol. The van der Waals surface area contributed by atoms with Gasteiger partial charge in [0.25, 0.3) is 0 Å². The predicted octanol–water partition coefficient (Wildman–Crippen LogP) is 2.24. The molecule has 14 heavy (non-hydrogen) atoms. The van der Waals surface area contributed by atoms with Crippen molar-refractivity contribution < 1.29 is 14.6 Å². The maximum atomic E-state index is 9.76. The molecule has 0 aromatic carbocycles. The van der Waals surface area contributed by atoms with Gasteiger partial charge < -0.3 is 14.6 Å². The van der Waals surface area contributed by atoms with Crippen molar-refractivity contribution in [2.45, 2.75) is 33.0 Å². The summed E-state index contributed by atoms with van der Waals surface area (Å²) in [6, 6.07) is 0. The first-order chi connectivity index (χ1) is 6.46. The summed E-state index contributed by atoms with van der Waals surface area (Å²) in [7, 11) is 0. The van der Waals surface area contributed by atoms with Crippen LogP contribution < -0.4 is 0 Å². The molecule has 2 rings (SSSR count). The molecular weight excluding hydrogens is 180 g/mol. The minimum atomic E-state index is -0.838. The summed E-state index contributed by atoms with van der Waals surface area (Å²) in [6.45, 7) is 7.50. The SMILES string of the molecule is CC1CC=C(O)C12OCC(C)(C)CO2. The van der Waals surface area contributed by atoms with E-state index in [1.165, 1.54) is 0 Å². The fourth-order valence-electron chi connectivity index (χ4n) is 1.96. The summed E-state index contributed by atoms with van der Waals surface area (Å²) < 4.78 is 11.5. The average molecular weight is 198 g/mol. The van der Waals surface area contributed by atoms with Gasteiger partial charge in [-0.3, -0.25) is 0 Å². The van der Waals surface area contributed by atoms with Crippen LogP contribution in [0.3, 0.4) is 0 Å². The molecule has 1 saturated heterocycles. The average Bonchev–Trinajstić information content (AvgIpc) is 2.39. The molecule has 0 aromatic rings. The van der Waals surface area contributed by atoms with Crippen LogP contribution in [0.15, 0.2) is 11.8 Å². The summed E-state index contributed by atoms with van der Waals surface area (Å²) in [5.74, 6) is -0.380. The number of rotatable bonds is 0. The van der Waals surface area contributed by atoms with Crippen LogP contribution >= 0.6 is 0 Å². The Hall–Kier alpha value is -0.540. The lowest BCUT2D eigenvalue weighted by Gasteiger charge is -2.43. The highest BCUT2D eigenvalue weighted by Crippen LogP contribution is 2.43. The Kier molecular flexibility index (Phi) is 2.12. The molecule has 0 amide bonds. The van der Waals surface area contributed by atoms with Crippen molar-refractivity contribution in [1.29, 1.82) is 0 Å². The Morgan fingerprint density at radius 2 is 1.93 bits per heavy atom. The first kappa shape index (κ1) is 9.99. The van der Waals surface area contributed by atoms with Gasteiger partial charge in [0, 0.05) is 11.3 Å². The van der Waals surface area contributed by atoms with Crippen molar-refractivity contribution in [2.75, 3.05) is 13.2 Å². The molecule has 1 heterocycles. The third kappa shape index (κ3) is 1.35. The van der Waals surface area contributed by atoms with Crippen molar-refractivity contribution >= 4 is 0 Å². The van der Waals surface area contributed by atoms with Crippen LogP contribution in [0.5, 0.6) is 0 Å². The van der Waals surface area contributed by atoms with Gasteiger partial charge in [-0.1, -0.05) is 20.8 Å². The molecule has 1 unspecified atom stereocenters. The van der Waals surface area contributed by atoms with Gasteiger partial charge in [-0.05, 0) is 12.5 Å². The molecule has 3 heteroatoms. The number of hydrogen-bond acceptors (Lipinski definition) is 3. The van der Waals surface area contributed by atoms with E-state index in [9.17, 15) is 5.11 Å². The minimum absolute atomic E-state index is 0.0494. The van der Waals surface area contributed by atoms with Gasteiger partial charge in [0.05, 0.1) is 13.2 Å².